The van der Waals surface area contributed by atoms with Gasteiger partial charge in [-0.2, -0.15) is 13.2 Å². The van der Waals surface area contributed by atoms with Crippen molar-refractivity contribution in [1.82, 2.24) is 10.6 Å². The summed E-state index contributed by atoms with van der Waals surface area (Å²) in [6.45, 7) is 5.90. The number of rotatable bonds is 7. The van der Waals surface area contributed by atoms with E-state index in [-0.39, 0.29) is 22.3 Å². The number of anilines is 1. The molecule has 4 rings (SSSR count). The van der Waals surface area contributed by atoms with Gasteiger partial charge in [-0.1, -0.05) is 30.0 Å². The van der Waals surface area contributed by atoms with E-state index in [4.69, 9.17) is 0 Å². The van der Waals surface area contributed by atoms with Gasteiger partial charge in [-0.3, -0.25) is 4.79 Å². The number of nitrogens with one attached hydrogen (secondary N) is 3. The Labute approximate surface area is 192 Å². The van der Waals surface area contributed by atoms with Crippen molar-refractivity contribution in [1.29, 1.82) is 0 Å². The van der Waals surface area contributed by atoms with Gasteiger partial charge < -0.3 is 16.0 Å². The predicted octanol–water partition coefficient (Wildman–Crippen LogP) is 5.08. The first-order valence-electron chi connectivity index (χ1n) is 10.7. The molecule has 0 spiro atoms. The van der Waals surface area contributed by atoms with Crippen molar-refractivity contribution in [2.24, 2.45) is 4.99 Å². The second-order valence-corrected chi connectivity index (χ2v) is 11.1. The molecule has 0 fully saturated rings. The Kier molecular flexibility index (Phi) is 6.94. The number of fused-ring (bicyclic) bond motifs is 2. The van der Waals surface area contributed by atoms with Gasteiger partial charge in [0.25, 0.3) is 0 Å². The van der Waals surface area contributed by atoms with Gasteiger partial charge in [0.05, 0.1) is 10.7 Å². The third-order valence-corrected chi connectivity index (χ3v) is 8.94. The molecule has 1 aromatic carbocycles. The van der Waals surface area contributed by atoms with Crippen LogP contribution in [-0.2, 0) is 17.8 Å². The van der Waals surface area contributed by atoms with Gasteiger partial charge in [0.1, 0.15) is 5.00 Å². The molecule has 5 nitrogen and oxygen atoms in total. The standard InChI is InChI=1S/C22H27F3N4OS2/c1-3-13(2)27-11-9-18(30)29-20-19(14-8-10-26-12-16(14)31-20)21-28-15-6-4-5-7-17(15)32(21)22(23,24)25/h4-7,13,26-27,32H,3,8-12H2,1-2H3,(H,29,30)/t13-/m1/s1. The lowest BCUT2D eigenvalue weighted by Gasteiger charge is -2.24. The lowest BCUT2D eigenvalue weighted by Crippen LogP contribution is -2.29. The fourth-order valence-corrected chi connectivity index (χ4v) is 7.19. The normalized spacial score (nSPS) is 19.8. The zero-order valence-electron chi connectivity index (χ0n) is 18.0. The van der Waals surface area contributed by atoms with Crippen LogP contribution in [0.5, 0.6) is 0 Å². The van der Waals surface area contributed by atoms with Crippen LogP contribution in [0.15, 0.2) is 34.2 Å². The van der Waals surface area contributed by atoms with E-state index < -0.39 is 16.4 Å². The van der Waals surface area contributed by atoms with Crippen LogP contribution in [0.1, 0.15) is 42.7 Å². The topological polar surface area (TPSA) is 65.5 Å². The molecule has 2 atom stereocenters. The summed E-state index contributed by atoms with van der Waals surface area (Å²) in [4.78, 5) is 18.3. The van der Waals surface area contributed by atoms with Gasteiger partial charge >= 0.3 is 5.51 Å². The molecule has 0 bridgehead atoms. The first-order chi connectivity index (χ1) is 15.3. The van der Waals surface area contributed by atoms with Crippen LogP contribution in [-0.4, -0.2) is 35.6 Å². The molecule has 2 aliphatic rings. The van der Waals surface area contributed by atoms with Gasteiger partial charge in [-0.25, -0.2) is 4.99 Å². The number of amides is 1. The zero-order chi connectivity index (χ0) is 22.9. The smallest absolute Gasteiger partial charge is 0.317 e. The summed E-state index contributed by atoms with van der Waals surface area (Å²) < 4.78 is 42.7. The molecule has 0 radical (unpaired) electrons. The van der Waals surface area contributed by atoms with Crippen LogP contribution >= 0.6 is 22.2 Å². The summed E-state index contributed by atoms with van der Waals surface area (Å²) in [5.74, 6) is -0.207. The van der Waals surface area contributed by atoms with Crippen LogP contribution in [0, 0.1) is 0 Å². The van der Waals surface area contributed by atoms with E-state index in [2.05, 4.69) is 27.9 Å². The summed E-state index contributed by atoms with van der Waals surface area (Å²) in [7, 11) is -2.62. The highest BCUT2D eigenvalue weighted by atomic mass is 32.2. The Morgan fingerprint density at radius 3 is 2.88 bits per heavy atom. The monoisotopic (exact) mass is 484 g/mol. The Balaban J connectivity index is 1.68. The van der Waals surface area contributed by atoms with E-state index in [1.54, 1.807) is 18.2 Å². The van der Waals surface area contributed by atoms with Gasteiger partial charge in [-0.05, 0) is 44.0 Å². The number of halogens is 3. The van der Waals surface area contributed by atoms with Crippen molar-refractivity contribution in [2.75, 3.05) is 18.4 Å². The van der Waals surface area contributed by atoms with E-state index in [0.29, 0.717) is 48.3 Å². The van der Waals surface area contributed by atoms with E-state index in [9.17, 15) is 18.0 Å². The molecule has 0 saturated carbocycles. The maximum absolute atomic E-state index is 14.2. The summed E-state index contributed by atoms with van der Waals surface area (Å²) in [5, 5.41) is 9.99. The minimum Gasteiger partial charge on any atom is -0.317 e. The number of carbonyl (C=O) groups is 1. The third-order valence-electron chi connectivity index (χ3n) is 5.68. The number of carbonyl (C=O) groups excluding carboxylic acids is 1. The van der Waals surface area contributed by atoms with Crippen LogP contribution in [0.3, 0.4) is 0 Å². The highest BCUT2D eigenvalue weighted by Gasteiger charge is 2.46. The highest BCUT2D eigenvalue weighted by molar-refractivity contribution is 8.31. The molecule has 0 saturated heterocycles. The Morgan fingerprint density at radius 1 is 1.34 bits per heavy atom. The molecule has 2 aliphatic heterocycles. The summed E-state index contributed by atoms with van der Waals surface area (Å²) in [6.07, 6.45) is 1.83. The van der Waals surface area contributed by atoms with E-state index in [1.165, 1.54) is 17.4 Å². The minimum atomic E-state index is -4.41. The fraction of sp³-hybridized carbons (Fsp3) is 0.455. The average Bonchev–Trinajstić information content (AvgIpc) is 3.30. The zero-order valence-corrected chi connectivity index (χ0v) is 19.7. The lowest BCUT2D eigenvalue weighted by molar-refractivity contribution is -0.116. The van der Waals surface area contributed by atoms with Gasteiger partial charge in [0.15, 0.2) is 0 Å². The summed E-state index contributed by atoms with van der Waals surface area (Å²) in [6, 6.07) is 6.78. The first kappa shape index (κ1) is 23.3. The lowest BCUT2D eigenvalue weighted by atomic mass is 10.0. The predicted molar refractivity (Wildman–Crippen MR) is 127 cm³/mol. The minimum absolute atomic E-state index is 0.0566. The molecule has 1 aromatic heterocycles. The van der Waals surface area contributed by atoms with Crippen molar-refractivity contribution in [3.05, 3.63) is 40.3 Å². The van der Waals surface area contributed by atoms with Gasteiger partial charge in [0, 0.05) is 40.9 Å². The number of benzene rings is 1. The molecular weight excluding hydrogens is 457 g/mol. The Morgan fingerprint density at radius 2 is 2.12 bits per heavy atom. The molecule has 1 amide bonds. The number of thiophene rings is 1. The molecule has 10 heteroatoms. The number of aliphatic imine (C=N–C) groups is 1. The Hall–Kier alpha value is -1.88. The summed E-state index contributed by atoms with van der Waals surface area (Å²) in [5.41, 5.74) is -2.68. The molecule has 2 aromatic rings. The number of alkyl halides is 3. The van der Waals surface area contributed by atoms with Crippen molar-refractivity contribution in [3.63, 3.8) is 0 Å². The second-order valence-electron chi connectivity index (χ2n) is 7.92. The van der Waals surface area contributed by atoms with Crippen molar-refractivity contribution >= 4 is 43.9 Å². The SMILES string of the molecule is CC[C@@H](C)NCCC(=O)Nc1sc2c(c1C1=Nc3ccccc3[SH]1C(F)(F)F)CCNC2. The number of hydrogen-bond acceptors (Lipinski definition) is 5. The Bertz CT molecular complexity index is 1030. The molecule has 0 aliphatic carbocycles. The van der Waals surface area contributed by atoms with Crippen LogP contribution < -0.4 is 16.0 Å². The van der Waals surface area contributed by atoms with Gasteiger partial charge in [0.2, 0.25) is 5.91 Å². The number of para-hydroxylation sites is 1. The van der Waals surface area contributed by atoms with Crippen LogP contribution in [0.4, 0.5) is 23.9 Å². The van der Waals surface area contributed by atoms with E-state index >= 15 is 0 Å². The molecule has 174 valence electrons. The average molecular weight is 485 g/mol. The number of hydrogen-bond donors (Lipinski definition) is 4. The van der Waals surface area contributed by atoms with E-state index in [0.717, 1.165) is 16.9 Å². The number of thiol groups is 1. The molecular formula is C22H27F3N4OS2. The fourth-order valence-electron chi connectivity index (χ4n) is 3.88. The maximum Gasteiger partial charge on any atom is 0.432 e. The molecule has 3 heterocycles. The maximum atomic E-state index is 14.2. The molecule has 1 unspecified atom stereocenters. The van der Waals surface area contributed by atoms with Crippen molar-refractivity contribution in [2.45, 2.75) is 56.1 Å². The first-order valence-corrected chi connectivity index (χ1v) is 12.9. The molecule has 32 heavy (non-hydrogen) atoms. The molecule has 3 N–H and O–H groups in total. The van der Waals surface area contributed by atoms with E-state index in [1.807, 2.05) is 6.92 Å². The van der Waals surface area contributed by atoms with Crippen LogP contribution in [0.2, 0.25) is 0 Å². The number of nitrogens with zero attached hydrogens (tertiary/aromatic N) is 1. The van der Waals surface area contributed by atoms with Crippen LogP contribution in [0.25, 0.3) is 0 Å². The van der Waals surface area contributed by atoms with Crippen molar-refractivity contribution in [3.8, 4) is 0 Å². The largest absolute Gasteiger partial charge is 0.432 e. The van der Waals surface area contributed by atoms with Crippen molar-refractivity contribution < 1.29 is 18.0 Å². The van der Waals surface area contributed by atoms with Gasteiger partial charge in [-0.15, -0.1) is 11.3 Å². The quantitative estimate of drug-likeness (QED) is 0.415. The third kappa shape index (κ3) is 4.73. The highest BCUT2D eigenvalue weighted by Crippen LogP contribution is 2.62. The second kappa shape index (κ2) is 9.54. The summed E-state index contributed by atoms with van der Waals surface area (Å²) >= 11 is 1.36.